The van der Waals surface area contributed by atoms with Crippen LogP contribution >= 0.6 is 15.9 Å². The van der Waals surface area contributed by atoms with Gasteiger partial charge in [0, 0.05) is 16.9 Å². The lowest BCUT2D eigenvalue weighted by Gasteiger charge is -1.80. The number of rotatable bonds is 0. The summed E-state index contributed by atoms with van der Waals surface area (Å²) in [5, 5.41) is 0. The Hall–Kier alpha value is -0.410. The lowest BCUT2D eigenvalue weighted by molar-refractivity contribution is 1.31. The molecule has 8 heavy (non-hydrogen) atoms. The van der Waals surface area contributed by atoms with E-state index >= 15 is 0 Å². The molecule has 0 fully saturated rings. The van der Waals surface area contributed by atoms with Crippen LogP contribution in [-0.4, -0.2) is 4.98 Å². The van der Waals surface area contributed by atoms with Gasteiger partial charge in [0.05, 0.1) is 0 Å². The molecule has 0 spiro atoms. The molecule has 0 unspecified atom stereocenters. The van der Waals surface area contributed by atoms with E-state index in [0.29, 0.717) is 0 Å². The van der Waals surface area contributed by atoms with Crippen molar-refractivity contribution in [2.45, 2.75) is 0 Å². The maximum absolute atomic E-state index is 3.84. The van der Waals surface area contributed by atoms with Gasteiger partial charge in [-0.25, -0.2) is 0 Å². The monoisotopic (exact) mass is 174 g/mol. The summed E-state index contributed by atoms with van der Waals surface area (Å²) in [5.74, 6) is 0. The van der Waals surface area contributed by atoms with Crippen LogP contribution in [-0.2, 0) is 0 Å². The van der Waals surface area contributed by atoms with Gasteiger partial charge in [-0.05, 0) is 28.1 Å². The van der Waals surface area contributed by atoms with Gasteiger partial charge in [0.25, 0.3) is 0 Å². The highest BCUT2D eigenvalue weighted by atomic mass is 79.9. The Balaban J connectivity index is 0.000000490. The smallest absolute Gasteiger partial charge is 0.0410 e. The van der Waals surface area contributed by atoms with Gasteiger partial charge in [-0.2, -0.15) is 0 Å². The maximum atomic E-state index is 3.84. The van der Waals surface area contributed by atoms with Gasteiger partial charge in [0.1, 0.15) is 0 Å². The second-order valence-electron chi connectivity index (χ2n) is 1.17. The fourth-order valence-electron chi connectivity index (χ4n) is 0.342. The number of hydrogen-bond donors (Lipinski definition) is 1. The van der Waals surface area contributed by atoms with Gasteiger partial charge in [-0.15, -0.1) is 0 Å². The Morgan fingerprint density at radius 2 is 2.25 bits per heavy atom. The lowest BCUT2D eigenvalue weighted by Crippen LogP contribution is -1.64. The highest BCUT2D eigenvalue weighted by molar-refractivity contribution is 9.10. The lowest BCUT2D eigenvalue weighted by atomic mass is 10.5. The molecule has 2 nitrogen and oxygen atoms in total. The largest absolute Gasteiger partial charge is 0.344 e. The summed E-state index contributed by atoms with van der Waals surface area (Å²) in [7, 11) is 0. The van der Waals surface area contributed by atoms with E-state index < -0.39 is 0 Å². The van der Waals surface area contributed by atoms with Gasteiger partial charge >= 0.3 is 0 Å². The zero-order valence-corrected chi connectivity index (χ0v) is 5.93. The molecule has 0 radical (unpaired) electrons. The molecular weight excluding hydrogens is 168 g/mol. The number of halogens is 1. The van der Waals surface area contributed by atoms with Gasteiger partial charge in [0.15, 0.2) is 0 Å². The van der Waals surface area contributed by atoms with Crippen LogP contribution < -0.4 is 6.15 Å². The first-order valence-electron chi connectivity index (χ1n) is 1.95. The van der Waals surface area contributed by atoms with Gasteiger partial charge in [-0.1, -0.05) is 0 Å². The molecule has 1 heterocycles. The first-order valence-corrected chi connectivity index (χ1v) is 2.74. The quantitative estimate of drug-likeness (QED) is 0.655. The van der Waals surface area contributed by atoms with E-state index in [1.807, 2.05) is 12.1 Å². The van der Waals surface area contributed by atoms with Crippen LogP contribution in [0.2, 0.25) is 0 Å². The molecule has 0 saturated heterocycles. The van der Waals surface area contributed by atoms with E-state index in [2.05, 4.69) is 20.9 Å². The Morgan fingerprint density at radius 1 is 1.50 bits per heavy atom. The minimum absolute atomic E-state index is 0. The summed E-state index contributed by atoms with van der Waals surface area (Å²) in [6.07, 6.45) is 3.49. The minimum atomic E-state index is 0. The van der Waals surface area contributed by atoms with E-state index in [9.17, 15) is 0 Å². The number of hydrogen-bond acceptors (Lipinski definition) is 2. The van der Waals surface area contributed by atoms with Crippen LogP contribution in [0.25, 0.3) is 0 Å². The molecule has 3 N–H and O–H groups in total. The van der Waals surface area contributed by atoms with Crippen molar-refractivity contribution in [2.24, 2.45) is 0 Å². The number of pyridine rings is 1. The highest BCUT2D eigenvalue weighted by Gasteiger charge is 1.75. The normalized spacial score (nSPS) is 7.62. The van der Waals surface area contributed by atoms with Crippen molar-refractivity contribution in [2.75, 3.05) is 0 Å². The molecule has 0 aliphatic rings. The van der Waals surface area contributed by atoms with Gasteiger partial charge < -0.3 is 6.15 Å². The second kappa shape index (κ2) is 3.57. The zero-order valence-electron chi connectivity index (χ0n) is 4.34. The van der Waals surface area contributed by atoms with Gasteiger partial charge in [-0.3, -0.25) is 4.98 Å². The Bertz CT molecular complexity index is 140. The van der Waals surface area contributed by atoms with E-state index in [0.717, 1.165) is 4.47 Å². The summed E-state index contributed by atoms with van der Waals surface area (Å²) in [4.78, 5) is 3.84. The molecule has 1 aromatic heterocycles. The molecule has 3 heteroatoms. The van der Waals surface area contributed by atoms with Crippen LogP contribution in [0.4, 0.5) is 0 Å². The van der Waals surface area contributed by atoms with Crippen LogP contribution in [0.3, 0.4) is 0 Å². The van der Waals surface area contributed by atoms with Crippen molar-refractivity contribution in [3.63, 3.8) is 0 Å². The molecule has 0 aromatic carbocycles. The van der Waals surface area contributed by atoms with Crippen molar-refractivity contribution >= 4 is 15.9 Å². The third kappa shape index (κ3) is 2.04. The molecular formula is C5H7BrN2. The van der Waals surface area contributed by atoms with Crippen LogP contribution in [0.15, 0.2) is 29.0 Å². The predicted octanol–water partition coefficient (Wildman–Crippen LogP) is 2.01. The summed E-state index contributed by atoms with van der Waals surface area (Å²) in [6.45, 7) is 0. The second-order valence-corrected chi connectivity index (χ2v) is 2.09. The summed E-state index contributed by atoms with van der Waals surface area (Å²) in [5.41, 5.74) is 0. The average molecular weight is 175 g/mol. The third-order valence-corrected chi connectivity index (χ3v) is 1.09. The third-order valence-electron chi connectivity index (χ3n) is 0.625. The molecule has 1 rings (SSSR count). The van der Waals surface area contributed by atoms with E-state index in [4.69, 9.17) is 0 Å². The summed E-state index contributed by atoms with van der Waals surface area (Å²) in [6, 6.07) is 3.82. The summed E-state index contributed by atoms with van der Waals surface area (Å²) < 4.78 is 1.02. The van der Waals surface area contributed by atoms with Crippen LogP contribution in [0.5, 0.6) is 0 Å². The van der Waals surface area contributed by atoms with Crippen molar-refractivity contribution in [1.82, 2.24) is 11.1 Å². The molecule has 0 amide bonds. The fraction of sp³-hybridized carbons (Fsp3) is 0. The first kappa shape index (κ1) is 7.59. The molecule has 0 aliphatic carbocycles. The Kier molecular flexibility index (Phi) is 3.39. The topological polar surface area (TPSA) is 47.9 Å². The maximum Gasteiger partial charge on any atom is 0.0410 e. The van der Waals surface area contributed by atoms with Crippen molar-refractivity contribution in [3.05, 3.63) is 29.0 Å². The fourth-order valence-corrected chi connectivity index (χ4v) is 0.613. The standard InChI is InChI=1S/C5H4BrN.H3N/c6-5-2-1-3-7-4-5;/h1-4H;1H3. The van der Waals surface area contributed by atoms with E-state index in [-0.39, 0.29) is 6.15 Å². The zero-order chi connectivity index (χ0) is 5.11. The predicted molar refractivity (Wildman–Crippen MR) is 37.0 cm³/mol. The summed E-state index contributed by atoms with van der Waals surface area (Å²) >= 11 is 3.25. The highest BCUT2D eigenvalue weighted by Crippen LogP contribution is 2.02. The van der Waals surface area contributed by atoms with E-state index in [1.165, 1.54) is 0 Å². The molecule has 1 aromatic rings. The Morgan fingerprint density at radius 3 is 2.50 bits per heavy atom. The van der Waals surface area contributed by atoms with Crippen molar-refractivity contribution in [1.29, 1.82) is 0 Å². The van der Waals surface area contributed by atoms with Crippen molar-refractivity contribution < 1.29 is 0 Å². The molecule has 0 bridgehead atoms. The van der Waals surface area contributed by atoms with Crippen LogP contribution in [0, 0.1) is 0 Å². The van der Waals surface area contributed by atoms with E-state index in [1.54, 1.807) is 12.4 Å². The Labute approximate surface area is 56.7 Å². The first-order chi connectivity index (χ1) is 3.39. The molecule has 0 atom stereocenters. The van der Waals surface area contributed by atoms with Gasteiger partial charge in [0.2, 0.25) is 0 Å². The van der Waals surface area contributed by atoms with Crippen molar-refractivity contribution in [3.8, 4) is 0 Å². The molecule has 0 saturated carbocycles. The molecule has 0 aliphatic heterocycles. The average Bonchev–Trinajstić information content (AvgIpc) is 1.69. The number of nitrogens with zero attached hydrogens (tertiary/aromatic N) is 1. The van der Waals surface area contributed by atoms with Crippen LogP contribution in [0.1, 0.15) is 0 Å². The number of aromatic nitrogens is 1. The molecule has 44 valence electrons. The minimum Gasteiger partial charge on any atom is -0.344 e. The SMILES string of the molecule is Brc1cccnc1.N.